The molecule has 0 unspecified atom stereocenters. The molecule has 128 valence electrons. The van der Waals surface area contributed by atoms with Gasteiger partial charge in [0.2, 0.25) is 0 Å². The summed E-state index contributed by atoms with van der Waals surface area (Å²) in [5.41, 5.74) is 9.14. The topological polar surface area (TPSA) is 25.9 Å². The Bertz CT molecular complexity index is 982. The van der Waals surface area contributed by atoms with E-state index in [9.17, 15) is 4.79 Å². The van der Waals surface area contributed by atoms with Crippen molar-refractivity contribution in [2.45, 2.75) is 41.5 Å². The van der Waals surface area contributed by atoms with Crippen LogP contribution in [0.15, 0.2) is 47.7 Å². The number of benzene rings is 2. The van der Waals surface area contributed by atoms with Gasteiger partial charge >= 0.3 is 5.56 Å². The minimum atomic E-state index is -0.0197. The lowest BCUT2D eigenvalue weighted by Gasteiger charge is -2.12. The Morgan fingerprint density at radius 3 is 1.76 bits per heavy atom. The molecule has 1 heterocycles. The SMILES string of the molecule is Cc1cc(C)c(-n2c[n+](-c3c(C)cc(C)cc3C)ccc2=O)c(C)c1. The molecule has 1 aromatic heterocycles. The van der Waals surface area contributed by atoms with Gasteiger partial charge in [0.1, 0.15) is 17.6 Å². The second-order valence-electron chi connectivity index (χ2n) is 7.04. The predicted molar refractivity (Wildman–Crippen MR) is 102 cm³/mol. The molecule has 0 spiro atoms. The molecule has 3 aromatic rings. The summed E-state index contributed by atoms with van der Waals surface area (Å²) in [7, 11) is 0. The summed E-state index contributed by atoms with van der Waals surface area (Å²) in [5.74, 6) is 0. The molecule has 0 aliphatic rings. The van der Waals surface area contributed by atoms with Crippen molar-refractivity contribution in [2.24, 2.45) is 0 Å². The van der Waals surface area contributed by atoms with Gasteiger partial charge in [0, 0.05) is 0 Å². The minimum Gasteiger partial charge on any atom is -0.241 e. The van der Waals surface area contributed by atoms with E-state index in [4.69, 9.17) is 0 Å². The normalized spacial score (nSPS) is 11.0. The van der Waals surface area contributed by atoms with Gasteiger partial charge in [-0.25, -0.2) is 9.36 Å². The van der Waals surface area contributed by atoms with Crippen LogP contribution < -0.4 is 10.1 Å². The van der Waals surface area contributed by atoms with Crippen molar-refractivity contribution in [3.8, 4) is 11.4 Å². The maximum atomic E-state index is 12.6. The number of aryl methyl sites for hydroxylation is 6. The molecule has 0 N–H and O–H groups in total. The third kappa shape index (κ3) is 3.14. The van der Waals surface area contributed by atoms with E-state index in [1.807, 2.05) is 17.1 Å². The van der Waals surface area contributed by atoms with Gasteiger partial charge in [0.05, 0.1) is 6.07 Å². The standard InChI is InChI=1S/C22H25N2O/c1-14-9-16(3)21(17(4)10-14)23-8-7-20(25)24(13-23)22-18(5)11-15(2)12-19(22)6/h7-13H,1-6H3/q+1. The van der Waals surface area contributed by atoms with Crippen LogP contribution in [0.5, 0.6) is 0 Å². The van der Waals surface area contributed by atoms with E-state index in [0.717, 1.165) is 22.5 Å². The molecule has 2 aromatic carbocycles. The molecule has 3 nitrogen and oxygen atoms in total. The van der Waals surface area contributed by atoms with Crippen LogP contribution in [0.1, 0.15) is 33.4 Å². The number of hydrogen-bond acceptors (Lipinski definition) is 1. The maximum Gasteiger partial charge on any atom is 0.342 e. The first kappa shape index (κ1) is 17.2. The number of nitrogens with zero attached hydrogens (tertiary/aromatic N) is 2. The molecule has 0 bridgehead atoms. The fourth-order valence-electron chi connectivity index (χ4n) is 3.88. The van der Waals surface area contributed by atoms with Crippen molar-refractivity contribution in [1.29, 1.82) is 0 Å². The quantitative estimate of drug-likeness (QED) is 0.652. The second kappa shape index (κ2) is 6.32. The lowest BCUT2D eigenvalue weighted by Crippen LogP contribution is -2.38. The summed E-state index contributed by atoms with van der Waals surface area (Å²) in [5, 5.41) is 0. The van der Waals surface area contributed by atoms with Crippen molar-refractivity contribution in [3.05, 3.63) is 86.6 Å². The van der Waals surface area contributed by atoms with Crippen LogP contribution >= 0.6 is 0 Å². The Morgan fingerprint density at radius 2 is 1.24 bits per heavy atom. The van der Waals surface area contributed by atoms with Gasteiger partial charge in [0.25, 0.3) is 6.33 Å². The van der Waals surface area contributed by atoms with Gasteiger partial charge in [-0.15, -0.1) is 0 Å². The van der Waals surface area contributed by atoms with Crippen LogP contribution in [0.25, 0.3) is 11.4 Å². The highest BCUT2D eigenvalue weighted by Crippen LogP contribution is 2.20. The zero-order chi connectivity index (χ0) is 18.3. The molecular weight excluding hydrogens is 308 g/mol. The Kier molecular flexibility index (Phi) is 4.34. The summed E-state index contributed by atoms with van der Waals surface area (Å²) in [6, 6.07) is 10.2. The predicted octanol–water partition coefficient (Wildman–Crippen LogP) is 3.96. The van der Waals surface area contributed by atoms with Crippen LogP contribution in [0, 0.1) is 41.5 Å². The van der Waals surface area contributed by atoms with Gasteiger partial charge in [-0.1, -0.05) is 35.4 Å². The fraction of sp³-hybridized carbons (Fsp3) is 0.273. The van der Waals surface area contributed by atoms with E-state index < -0.39 is 0 Å². The first-order chi connectivity index (χ1) is 11.8. The number of rotatable bonds is 2. The average molecular weight is 333 g/mol. The Morgan fingerprint density at radius 1 is 0.760 bits per heavy atom. The maximum absolute atomic E-state index is 12.6. The summed E-state index contributed by atoms with van der Waals surface area (Å²) < 4.78 is 3.80. The van der Waals surface area contributed by atoms with Crippen LogP contribution in [-0.2, 0) is 0 Å². The van der Waals surface area contributed by atoms with Crippen LogP contribution in [0.2, 0.25) is 0 Å². The lowest BCUT2D eigenvalue weighted by molar-refractivity contribution is -0.601. The molecule has 0 aliphatic carbocycles. The Balaban J connectivity index is 2.27. The van der Waals surface area contributed by atoms with Gasteiger partial charge in [-0.05, 0) is 63.8 Å². The van der Waals surface area contributed by atoms with Crippen molar-refractivity contribution >= 4 is 0 Å². The number of aromatic nitrogens is 2. The number of hydrogen-bond donors (Lipinski definition) is 0. The summed E-state index contributed by atoms with van der Waals surface area (Å²) in [6.07, 6.45) is 3.75. The van der Waals surface area contributed by atoms with E-state index >= 15 is 0 Å². The van der Waals surface area contributed by atoms with E-state index in [0.29, 0.717) is 0 Å². The molecule has 3 heteroatoms. The van der Waals surface area contributed by atoms with E-state index in [-0.39, 0.29) is 5.56 Å². The first-order valence-electron chi connectivity index (χ1n) is 8.58. The molecule has 0 radical (unpaired) electrons. The van der Waals surface area contributed by atoms with Gasteiger partial charge in [0.15, 0.2) is 0 Å². The smallest absolute Gasteiger partial charge is 0.241 e. The molecule has 0 aliphatic heterocycles. The first-order valence-corrected chi connectivity index (χ1v) is 8.58. The van der Waals surface area contributed by atoms with E-state index in [1.165, 1.54) is 22.3 Å². The second-order valence-corrected chi connectivity index (χ2v) is 7.04. The van der Waals surface area contributed by atoms with Crippen molar-refractivity contribution in [1.82, 2.24) is 4.57 Å². The van der Waals surface area contributed by atoms with E-state index in [2.05, 4.69) is 65.8 Å². The fourth-order valence-corrected chi connectivity index (χ4v) is 3.88. The highest BCUT2D eigenvalue weighted by molar-refractivity contribution is 5.49. The highest BCUT2D eigenvalue weighted by Gasteiger charge is 2.17. The van der Waals surface area contributed by atoms with Gasteiger partial charge in [-0.2, -0.15) is 4.57 Å². The lowest BCUT2D eigenvalue weighted by atomic mass is 10.0. The van der Waals surface area contributed by atoms with Crippen molar-refractivity contribution in [3.63, 3.8) is 0 Å². The molecule has 0 saturated carbocycles. The van der Waals surface area contributed by atoms with Gasteiger partial charge in [-0.3, -0.25) is 0 Å². The van der Waals surface area contributed by atoms with Crippen LogP contribution in [0.4, 0.5) is 0 Å². The summed E-state index contributed by atoms with van der Waals surface area (Å²) >= 11 is 0. The summed E-state index contributed by atoms with van der Waals surface area (Å²) in [6.45, 7) is 12.5. The molecule has 0 fully saturated rings. The highest BCUT2D eigenvalue weighted by atomic mass is 16.1. The molecular formula is C22H25N2O+. The molecule has 0 atom stereocenters. The Labute approximate surface area is 149 Å². The molecule has 25 heavy (non-hydrogen) atoms. The van der Waals surface area contributed by atoms with Crippen molar-refractivity contribution in [2.75, 3.05) is 0 Å². The van der Waals surface area contributed by atoms with Crippen molar-refractivity contribution < 1.29 is 4.57 Å². The van der Waals surface area contributed by atoms with Gasteiger partial charge < -0.3 is 0 Å². The third-order valence-corrected chi connectivity index (χ3v) is 4.62. The minimum absolute atomic E-state index is 0.0197. The molecule has 3 rings (SSSR count). The Hall–Kier alpha value is -2.68. The zero-order valence-electron chi connectivity index (χ0n) is 15.8. The summed E-state index contributed by atoms with van der Waals surface area (Å²) in [4.78, 5) is 12.6. The third-order valence-electron chi connectivity index (χ3n) is 4.62. The average Bonchev–Trinajstić information content (AvgIpc) is 2.48. The monoisotopic (exact) mass is 333 g/mol. The van der Waals surface area contributed by atoms with Crippen LogP contribution in [-0.4, -0.2) is 4.57 Å². The molecule has 0 saturated heterocycles. The van der Waals surface area contributed by atoms with E-state index in [1.54, 1.807) is 10.6 Å². The van der Waals surface area contributed by atoms with Crippen LogP contribution in [0.3, 0.4) is 0 Å². The zero-order valence-corrected chi connectivity index (χ0v) is 15.8. The largest absolute Gasteiger partial charge is 0.342 e. The molecule has 0 amide bonds.